The number of hydrogen-bond acceptors (Lipinski definition) is 2. The van der Waals surface area contributed by atoms with Crippen LogP contribution in [-0.2, 0) is 15.3 Å². The molecular formula is C12H13ClF2O2. The predicted octanol–water partition coefficient (Wildman–Crippen LogP) is 3.15. The van der Waals surface area contributed by atoms with Gasteiger partial charge < -0.3 is 9.47 Å². The van der Waals surface area contributed by atoms with Crippen molar-refractivity contribution in [3.05, 3.63) is 35.9 Å². The molecule has 1 unspecified atom stereocenters. The van der Waals surface area contributed by atoms with Crippen molar-refractivity contribution in [2.75, 3.05) is 19.9 Å². The van der Waals surface area contributed by atoms with Crippen LogP contribution in [0.3, 0.4) is 0 Å². The number of ether oxygens (including phenoxy) is 2. The summed E-state index contributed by atoms with van der Waals surface area (Å²) in [7, 11) is 0. The molecule has 0 N–H and O–H groups in total. The van der Waals surface area contributed by atoms with Crippen molar-refractivity contribution in [2.24, 2.45) is 0 Å². The number of halogens is 3. The summed E-state index contributed by atoms with van der Waals surface area (Å²) >= 11 is 5.78. The van der Waals surface area contributed by atoms with Gasteiger partial charge in [-0.3, -0.25) is 4.39 Å². The highest BCUT2D eigenvalue weighted by atomic mass is 35.5. The van der Waals surface area contributed by atoms with Gasteiger partial charge in [-0.05, 0) is 0 Å². The maximum absolute atomic E-state index is 14.4. The topological polar surface area (TPSA) is 18.5 Å². The number of rotatable bonds is 4. The fourth-order valence-corrected chi connectivity index (χ4v) is 2.23. The number of alkyl halides is 3. The Morgan fingerprint density at radius 3 is 2.35 bits per heavy atom. The smallest absolute Gasteiger partial charge is 0.245 e. The zero-order valence-corrected chi connectivity index (χ0v) is 9.92. The Labute approximate surface area is 103 Å². The first-order valence-electron chi connectivity index (χ1n) is 5.40. The number of benzene rings is 1. The van der Waals surface area contributed by atoms with Crippen molar-refractivity contribution < 1.29 is 18.3 Å². The van der Waals surface area contributed by atoms with Crippen molar-refractivity contribution in [3.63, 3.8) is 0 Å². The summed E-state index contributed by atoms with van der Waals surface area (Å²) in [6.45, 7) is -0.402. The lowest BCUT2D eigenvalue weighted by atomic mass is 9.98. The Morgan fingerprint density at radius 2 is 1.82 bits per heavy atom. The zero-order valence-electron chi connectivity index (χ0n) is 9.17. The Hall–Kier alpha value is -0.710. The molecule has 0 aliphatic carbocycles. The SMILES string of the molecule is FCCC(F)(Cl)C1(c2ccccc2)OCCO1. The molecule has 1 aliphatic heterocycles. The fraction of sp³-hybridized carbons (Fsp3) is 0.500. The predicted molar refractivity (Wildman–Crippen MR) is 60.3 cm³/mol. The highest BCUT2D eigenvalue weighted by Crippen LogP contribution is 2.48. The van der Waals surface area contributed by atoms with Crippen molar-refractivity contribution in [1.82, 2.24) is 0 Å². The molecule has 2 rings (SSSR count). The van der Waals surface area contributed by atoms with Gasteiger partial charge in [0.15, 0.2) is 0 Å². The highest BCUT2D eigenvalue weighted by molar-refractivity contribution is 6.23. The lowest BCUT2D eigenvalue weighted by Crippen LogP contribution is -2.46. The minimum Gasteiger partial charge on any atom is -0.340 e. The molecule has 0 aromatic heterocycles. The van der Waals surface area contributed by atoms with Gasteiger partial charge in [-0.2, -0.15) is 0 Å². The van der Waals surface area contributed by atoms with Crippen LogP contribution in [0.25, 0.3) is 0 Å². The van der Waals surface area contributed by atoms with Gasteiger partial charge >= 0.3 is 0 Å². The largest absolute Gasteiger partial charge is 0.340 e. The van der Waals surface area contributed by atoms with Crippen LogP contribution in [0.4, 0.5) is 8.78 Å². The second-order valence-electron chi connectivity index (χ2n) is 3.82. The summed E-state index contributed by atoms with van der Waals surface area (Å²) in [5, 5.41) is -2.42. The molecule has 0 radical (unpaired) electrons. The first kappa shape index (κ1) is 12.7. The van der Waals surface area contributed by atoms with Gasteiger partial charge in [-0.25, -0.2) is 4.39 Å². The lowest BCUT2D eigenvalue weighted by molar-refractivity contribution is -0.227. The van der Waals surface area contributed by atoms with Gasteiger partial charge in [-0.1, -0.05) is 41.9 Å². The Bertz CT molecular complexity index is 364. The maximum atomic E-state index is 14.4. The second-order valence-corrected chi connectivity index (χ2v) is 4.42. The van der Waals surface area contributed by atoms with Crippen LogP contribution in [0.2, 0.25) is 0 Å². The summed E-state index contributed by atoms with van der Waals surface area (Å²) in [6.07, 6.45) is -0.483. The summed E-state index contributed by atoms with van der Waals surface area (Å²) in [5.41, 5.74) is 0.462. The van der Waals surface area contributed by atoms with Crippen LogP contribution < -0.4 is 0 Å². The van der Waals surface area contributed by atoms with Gasteiger partial charge in [0.05, 0.1) is 19.9 Å². The van der Waals surface area contributed by atoms with E-state index in [0.29, 0.717) is 5.56 Å². The van der Waals surface area contributed by atoms with E-state index in [2.05, 4.69) is 0 Å². The summed E-state index contributed by atoms with van der Waals surface area (Å²) in [6, 6.07) is 8.55. The van der Waals surface area contributed by atoms with E-state index >= 15 is 0 Å². The van der Waals surface area contributed by atoms with Crippen LogP contribution in [0, 0.1) is 0 Å². The molecule has 0 spiro atoms. The van der Waals surface area contributed by atoms with Crippen LogP contribution in [0.5, 0.6) is 0 Å². The van der Waals surface area contributed by atoms with Crippen molar-refractivity contribution >= 4 is 11.6 Å². The summed E-state index contributed by atoms with van der Waals surface area (Å²) < 4.78 is 37.5. The van der Waals surface area contributed by atoms with Gasteiger partial charge in [-0.15, -0.1) is 0 Å². The first-order valence-corrected chi connectivity index (χ1v) is 5.77. The average molecular weight is 263 g/mol. The molecule has 1 fully saturated rings. The maximum Gasteiger partial charge on any atom is 0.245 e. The normalized spacial score (nSPS) is 22.3. The van der Waals surface area contributed by atoms with E-state index in [-0.39, 0.29) is 13.2 Å². The standard InChI is InChI=1S/C12H13ClF2O2/c13-11(15,6-7-14)12(16-8-9-17-12)10-4-2-1-3-5-10/h1-5H,6-9H2. The van der Waals surface area contributed by atoms with Gasteiger partial charge in [0.2, 0.25) is 10.9 Å². The minimum absolute atomic E-state index is 0.236. The van der Waals surface area contributed by atoms with Crippen molar-refractivity contribution in [2.45, 2.75) is 17.3 Å². The lowest BCUT2D eigenvalue weighted by Gasteiger charge is -2.36. The van der Waals surface area contributed by atoms with E-state index in [9.17, 15) is 8.78 Å². The molecule has 0 amide bonds. The Kier molecular flexibility index (Phi) is 3.66. The molecule has 0 bridgehead atoms. The molecule has 1 aromatic rings. The van der Waals surface area contributed by atoms with E-state index < -0.39 is 24.0 Å². The molecule has 94 valence electrons. The van der Waals surface area contributed by atoms with Gasteiger partial charge in [0.1, 0.15) is 0 Å². The third kappa shape index (κ3) is 2.17. The first-order chi connectivity index (χ1) is 8.12. The minimum atomic E-state index is -2.42. The summed E-state index contributed by atoms with van der Waals surface area (Å²) in [4.78, 5) is 0. The highest BCUT2D eigenvalue weighted by Gasteiger charge is 2.57. The second kappa shape index (κ2) is 4.88. The van der Waals surface area contributed by atoms with Gasteiger partial charge in [0, 0.05) is 12.0 Å². The fourth-order valence-electron chi connectivity index (χ4n) is 1.94. The zero-order chi connectivity index (χ0) is 12.4. The molecule has 1 aromatic carbocycles. The molecule has 0 saturated carbocycles. The third-order valence-electron chi connectivity index (χ3n) is 2.74. The van der Waals surface area contributed by atoms with Crippen LogP contribution >= 0.6 is 11.6 Å². The molecule has 17 heavy (non-hydrogen) atoms. The molecule has 1 aliphatic rings. The van der Waals surface area contributed by atoms with Crippen LogP contribution in [0.15, 0.2) is 30.3 Å². The van der Waals surface area contributed by atoms with Gasteiger partial charge in [0.25, 0.3) is 0 Å². The van der Waals surface area contributed by atoms with E-state index in [1.165, 1.54) is 0 Å². The summed E-state index contributed by atoms with van der Waals surface area (Å²) in [5.74, 6) is -1.71. The molecular weight excluding hydrogens is 250 g/mol. The molecule has 5 heteroatoms. The van der Waals surface area contributed by atoms with Crippen molar-refractivity contribution in [1.29, 1.82) is 0 Å². The van der Waals surface area contributed by atoms with Crippen LogP contribution in [0.1, 0.15) is 12.0 Å². The van der Waals surface area contributed by atoms with E-state index in [0.717, 1.165) is 0 Å². The monoisotopic (exact) mass is 262 g/mol. The molecule has 1 heterocycles. The van der Waals surface area contributed by atoms with E-state index in [4.69, 9.17) is 21.1 Å². The Morgan fingerprint density at radius 1 is 1.24 bits per heavy atom. The third-order valence-corrected chi connectivity index (χ3v) is 3.18. The molecule has 1 atom stereocenters. The Balaban J connectivity index is 2.40. The average Bonchev–Trinajstić information content (AvgIpc) is 2.81. The van der Waals surface area contributed by atoms with Crippen molar-refractivity contribution in [3.8, 4) is 0 Å². The molecule has 1 saturated heterocycles. The molecule has 2 nitrogen and oxygen atoms in total. The van der Waals surface area contributed by atoms with Crippen LogP contribution in [-0.4, -0.2) is 25.0 Å². The quantitative estimate of drug-likeness (QED) is 0.776. The number of hydrogen-bond donors (Lipinski definition) is 0. The van der Waals surface area contributed by atoms with E-state index in [1.807, 2.05) is 0 Å². The van der Waals surface area contributed by atoms with E-state index in [1.54, 1.807) is 30.3 Å².